The minimum absolute atomic E-state index is 0.113. The number of nitrogens with zero attached hydrogens (tertiary/aromatic N) is 3. The van der Waals surface area contributed by atoms with Crippen LogP contribution in [-0.2, 0) is 6.54 Å². The minimum atomic E-state index is -4.54. The van der Waals surface area contributed by atoms with Gasteiger partial charge in [-0.2, -0.15) is 18.2 Å². The van der Waals surface area contributed by atoms with Gasteiger partial charge in [-0.15, -0.1) is 5.10 Å². The molecule has 168 valence electrons. The Bertz CT molecular complexity index is 973. The van der Waals surface area contributed by atoms with Crippen molar-refractivity contribution in [2.75, 3.05) is 18.4 Å². The van der Waals surface area contributed by atoms with Crippen LogP contribution >= 0.6 is 0 Å². The first-order valence-corrected chi connectivity index (χ1v) is 10.3. The van der Waals surface area contributed by atoms with Crippen LogP contribution in [0, 0.1) is 35.2 Å². The van der Waals surface area contributed by atoms with Gasteiger partial charge in [0.1, 0.15) is 5.82 Å². The molecule has 2 unspecified atom stereocenters. The molecule has 2 N–H and O–H groups in total. The summed E-state index contributed by atoms with van der Waals surface area (Å²) in [5.74, 6) is -6.53. The van der Waals surface area contributed by atoms with Gasteiger partial charge in [-0.25, -0.2) is 17.9 Å². The van der Waals surface area contributed by atoms with E-state index in [0.29, 0.717) is 11.8 Å². The molecule has 2 bridgehead atoms. The minimum Gasteiger partial charge on any atom is -0.350 e. The van der Waals surface area contributed by atoms with Crippen molar-refractivity contribution in [2.24, 2.45) is 17.8 Å². The second-order valence-corrected chi connectivity index (χ2v) is 8.69. The topological polar surface area (TPSA) is 54.8 Å². The van der Waals surface area contributed by atoms with Crippen LogP contribution in [-0.4, -0.2) is 40.1 Å². The molecule has 2 aliphatic heterocycles. The van der Waals surface area contributed by atoms with Crippen LogP contribution < -0.4 is 10.6 Å². The summed E-state index contributed by atoms with van der Waals surface area (Å²) in [5, 5.41) is 10.9. The van der Waals surface area contributed by atoms with E-state index in [4.69, 9.17) is 0 Å². The maximum Gasteiger partial charge on any atom is 0.393 e. The van der Waals surface area contributed by atoms with Gasteiger partial charge in [-0.05, 0) is 50.3 Å². The van der Waals surface area contributed by atoms with E-state index in [2.05, 4.69) is 20.7 Å². The molecule has 3 heterocycles. The van der Waals surface area contributed by atoms with Crippen molar-refractivity contribution in [1.29, 1.82) is 0 Å². The van der Waals surface area contributed by atoms with Gasteiger partial charge in [-0.1, -0.05) is 6.07 Å². The van der Waals surface area contributed by atoms with Crippen molar-refractivity contribution in [2.45, 2.75) is 43.9 Å². The third kappa shape index (κ3) is 3.56. The molecule has 0 spiro atoms. The summed E-state index contributed by atoms with van der Waals surface area (Å²) >= 11 is 0. The predicted octanol–water partition coefficient (Wildman–Crippen LogP) is 3.82. The Hall–Kier alpha value is -2.30. The average molecular weight is 445 g/mol. The van der Waals surface area contributed by atoms with Crippen molar-refractivity contribution >= 4 is 5.95 Å². The molecule has 5 rings (SSSR count). The Labute approximate surface area is 174 Å². The van der Waals surface area contributed by atoms with Gasteiger partial charge in [0.05, 0.1) is 12.5 Å². The molecule has 1 aromatic heterocycles. The lowest BCUT2D eigenvalue weighted by molar-refractivity contribution is -0.184. The average Bonchev–Trinajstić information content (AvgIpc) is 3.20. The summed E-state index contributed by atoms with van der Waals surface area (Å²) in [5.41, 5.74) is -0.352. The van der Waals surface area contributed by atoms with Crippen LogP contribution in [0.3, 0.4) is 0 Å². The summed E-state index contributed by atoms with van der Waals surface area (Å²) < 4.78 is 83.5. The van der Waals surface area contributed by atoms with E-state index < -0.39 is 48.4 Å². The SMILES string of the molecule is Fc1ccc(C2CC(C(F)(F)F)Cn3nc(N[C@@H]4[C@@H]5CC[C@H]4CNC5)nc32)c(F)c1F. The molecular weight excluding hydrogens is 424 g/mol. The molecule has 1 aliphatic carbocycles. The monoisotopic (exact) mass is 445 g/mol. The summed E-state index contributed by atoms with van der Waals surface area (Å²) in [6.45, 7) is 1.25. The lowest BCUT2D eigenvalue weighted by atomic mass is 9.84. The number of benzene rings is 1. The van der Waals surface area contributed by atoms with Crippen molar-refractivity contribution in [3.8, 4) is 0 Å². The van der Waals surface area contributed by atoms with Gasteiger partial charge in [0.15, 0.2) is 17.5 Å². The molecule has 11 heteroatoms. The van der Waals surface area contributed by atoms with Gasteiger partial charge in [0.25, 0.3) is 0 Å². The van der Waals surface area contributed by atoms with E-state index in [-0.39, 0.29) is 23.4 Å². The van der Waals surface area contributed by atoms with E-state index in [1.807, 2.05) is 0 Å². The first-order chi connectivity index (χ1) is 14.7. The number of rotatable bonds is 3. The lowest BCUT2D eigenvalue weighted by Gasteiger charge is -2.31. The Kier molecular flexibility index (Phi) is 4.91. The van der Waals surface area contributed by atoms with Gasteiger partial charge in [-0.3, -0.25) is 0 Å². The van der Waals surface area contributed by atoms with Gasteiger partial charge >= 0.3 is 6.18 Å². The number of anilines is 1. The Morgan fingerprint density at radius 3 is 2.42 bits per heavy atom. The number of alkyl halides is 3. The van der Waals surface area contributed by atoms with Gasteiger partial charge in [0.2, 0.25) is 5.95 Å². The first-order valence-electron chi connectivity index (χ1n) is 10.3. The molecule has 0 amide bonds. The van der Waals surface area contributed by atoms with Gasteiger partial charge in [0, 0.05) is 17.5 Å². The quantitative estimate of drug-likeness (QED) is 0.557. The summed E-state index contributed by atoms with van der Waals surface area (Å²) in [4.78, 5) is 4.38. The zero-order chi connectivity index (χ0) is 21.9. The lowest BCUT2D eigenvalue weighted by Crippen LogP contribution is -2.45. The Morgan fingerprint density at radius 1 is 1.03 bits per heavy atom. The van der Waals surface area contributed by atoms with E-state index in [1.165, 1.54) is 0 Å². The summed E-state index contributed by atoms with van der Waals surface area (Å²) in [6, 6.07) is 1.82. The fourth-order valence-corrected chi connectivity index (χ4v) is 5.26. The Morgan fingerprint density at radius 2 is 1.74 bits per heavy atom. The van der Waals surface area contributed by atoms with Crippen LogP contribution in [0.15, 0.2) is 12.1 Å². The third-order valence-electron chi connectivity index (χ3n) is 6.86. The molecule has 5 nitrogen and oxygen atoms in total. The van der Waals surface area contributed by atoms with E-state index in [1.54, 1.807) is 0 Å². The van der Waals surface area contributed by atoms with Crippen LogP contribution in [0.4, 0.5) is 32.3 Å². The standard InChI is InChI=1S/C20H21F6N5/c21-14-4-3-12(15(22)16(14)23)13-5-11(20(24,25)26)8-31-18(13)29-19(30-31)28-17-9-1-2-10(17)7-27-6-9/h3-4,9-11,13,17,27H,1-2,5-8H2,(H,28,30)/t9-,10+,11?,13?,17-. The maximum absolute atomic E-state index is 14.5. The Balaban J connectivity index is 1.51. The van der Waals surface area contributed by atoms with Crippen molar-refractivity contribution < 1.29 is 26.3 Å². The predicted molar refractivity (Wildman–Crippen MR) is 98.8 cm³/mol. The number of hydrogen-bond donors (Lipinski definition) is 2. The molecule has 0 radical (unpaired) electrons. The van der Waals surface area contributed by atoms with Crippen LogP contribution in [0.5, 0.6) is 0 Å². The summed E-state index contributed by atoms with van der Waals surface area (Å²) in [6.07, 6.45) is -2.97. The van der Waals surface area contributed by atoms with Crippen molar-refractivity contribution in [1.82, 2.24) is 20.1 Å². The molecule has 1 aromatic carbocycles. The zero-order valence-corrected chi connectivity index (χ0v) is 16.4. The fraction of sp³-hybridized carbons (Fsp3) is 0.600. The highest BCUT2D eigenvalue weighted by molar-refractivity contribution is 5.35. The second-order valence-electron chi connectivity index (χ2n) is 8.69. The molecule has 1 saturated heterocycles. The highest BCUT2D eigenvalue weighted by atomic mass is 19.4. The molecule has 31 heavy (non-hydrogen) atoms. The second kappa shape index (κ2) is 7.39. The largest absolute Gasteiger partial charge is 0.393 e. The maximum atomic E-state index is 14.5. The third-order valence-corrected chi connectivity index (χ3v) is 6.86. The highest BCUT2D eigenvalue weighted by Gasteiger charge is 2.47. The number of piperidine rings is 1. The number of nitrogens with one attached hydrogen (secondary N) is 2. The fourth-order valence-electron chi connectivity index (χ4n) is 5.26. The van der Waals surface area contributed by atoms with E-state index in [9.17, 15) is 26.3 Å². The van der Waals surface area contributed by atoms with Gasteiger partial charge < -0.3 is 10.6 Å². The van der Waals surface area contributed by atoms with E-state index in [0.717, 1.165) is 42.7 Å². The van der Waals surface area contributed by atoms with Crippen molar-refractivity contribution in [3.05, 3.63) is 41.0 Å². The van der Waals surface area contributed by atoms with E-state index >= 15 is 0 Å². The molecule has 2 fully saturated rings. The number of fused-ring (bicyclic) bond motifs is 3. The molecule has 1 saturated carbocycles. The van der Waals surface area contributed by atoms with Crippen LogP contribution in [0.1, 0.15) is 36.6 Å². The smallest absolute Gasteiger partial charge is 0.350 e. The molecule has 2 aromatic rings. The number of aromatic nitrogens is 3. The number of hydrogen-bond acceptors (Lipinski definition) is 4. The normalized spacial score (nSPS) is 30.3. The highest BCUT2D eigenvalue weighted by Crippen LogP contribution is 2.43. The molecular formula is C20H21F6N5. The molecule has 3 aliphatic rings. The first kappa shape index (κ1) is 20.6. The van der Waals surface area contributed by atoms with Crippen LogP contribution in [0.2, 0.25) is 0 Å². The zero-order valence-electron chi connectivity index (χ0n) is 16.4. The van der Waals surface area contributed by atoms with Crippen LogP contribution in [0.25, 0.3) is 0 Å². The summed E-state index contributed by atoms with van der Waals surface area (Å²) in [7, 11) is 0. The number of halogens is 6. The van der Waals surface area contributed by atoms with Crippen molar-refractivity contribution in [3.63, 3.8) is 0 Å². The molecule has 5 atom stereocenters.